The third-order valence-electron chi connectivity index (χ3n) is 5.32. The molecule has 0 spiro atoms. The smallest absolute Gasteiger partial charge is 0.0243 e. The molecule has 2 bridgehead atoms. The number of fused-ring (bicyclic) bond motifs is 3. The highest BCUT2D eigenvalue weighted by atomic mass is 14.5. The van der Waals surface area contributed by atoms with E-state index in [-0.39, 0.29) is 0 Å². The molecule has 1 atom stereocenters. The highest BCUT2D eigenvalue weighted by Gasteiger charge is 2.49. The maximum atomic E-state index is 2.46. The van der Waals surface area contributed by atoms with Gasteiger partial charge in [0.25, 0.3) is 0 Å². The van der Waals surface area contributed by atoms with Crippen molar-refractivity contribution in [2.24, 2.45) is 29.1 Å². The van der Waals surface area contributed by atoms with Crippen LogP contribution in [0, 0.1) is 29.1 Å². The van der Waals surface area contributed by atoms with Gasteiger partial charge in [-0.15, -0.1) is 0 Å². The normalized spacial score (nSPS) is 42.4. The molecule has 14 heavy (non-hydrogen) atoms. The molecule has 0 heterocycles. The molecule has 3 saturated carbocycles. The van der Waals surface area contributed by atoms with Gasteiger partial charge in [0.05, 0.1) is 0 Å². The second-order valence-corrected chi connectivity index (χ2v) is 6.42. The number of hydrogen-bond acceptors (Lipinski definition) is 0. The molecule has 3 rings (SSSR count). The van der Waals surface area contributed by atoms with Gasteiger partial charge < -0.3 is 0 Å². The summed E-state index contributed by atoms with van der Waals surface area (Å²) in [6.07, 6.45) is 7.65. The Bertz CT molecular complexity index is 194. The first kappa shape index (κ1) is 10.5. The first-order valence-corrected chi connectivity index (χ1v) is 6.56. The molecule has 0 aromatic carbocycles. The zero-order valence-electron chi connectivity index (χ0n) is 10.3. The molecule has 0 aliphatic heterocycles. The van der Waals surface area contributed by atoms with Crippen LogP contribution in [-0.4, -0.2) is 0 Å². The van der Waals surface area contributed by atoms with E-state index in [0.29, 0.717) is 0 Å². The molecule has 0 heteroatoms. The SMILES string of the molecule is CC(C)C1CC2CCC1(C(C)C)CC2. The van der Waals surface area contributed by atoms with E-state index in [1.54, 1.807) is 0 Å². The molecule has 3 aliphatic rings. The van der Waals surface area contributed by atoms with Crippen molar-refractivity contribution in [1.29, 1.82) is 0 Å². The van der Waals surface area contributed by atoms with E-state index >= 15 is 0 Å². The van der Waals surface area contributed by atoms with Crippen molar-refractivity contribution in [3.63, 3.8) is 0 Å². The third kappa shape index (κ3) is 1.42. The second-order valence-electron chi connectivity index (χ2n) is 6.42. The van der Waals surface area contributed by atoms with Crippen LogP contribution in [0.2, 0.25) is 0 Å². The first-order valence-electron chi connectivity index (χ1n) is 6.56. The van der Waals surface area contributed by atoms with Crippen molar-refractivity contribution >= 4 is 0 Å². The lowest BCUT2D eigenvalue weighted by atomic mass is 9.49. The van der Waals surface area contributed by atoms with E-state index < -0.39 is 0 Å². The quantitative estimate of drug-likeness (QED) is 0.607. The lowest BCUT2D eigenvalue weighted by Crippen LogP contribution is -2.47. The van der Waals surface area contributed by atoms with Gasteiger partial charge in [0.2, 0.25) is 0 Å². The summed E-state index contributed by atoms with van der Waals surface area (Å²) in [5, 5.41) is 0. The predicted octanol–water partition coefficient (Wildman–Crippen LogP) is 4.49. The van der Waals surface area contributed by atoms with Gasteiger partial charge in [0.15, 0.2) is 0 Å². The second kappa shape index (κ2) is 3.54. The lowest BCUT2D eigenvalue weighted by Gasteiger charge is -2.56. The van der Waals surface area contributed by atoms with Gasteiger partial charge in [0, 0.05) is 0 Å². The number of hydrogen-bond donors (Lipinski definition) is 0. The molecule has 1 unspecified atom stereocenters. The Morgan fingerprint density at radius 2 is 1.57 bits per heavy atom. The standard InChI is InChI=1S/C14H26/c1-10(2)13-9-12-5-7-14(13,8-6-12)11(3)4/h10-13H,5-9H2,1-4H3. The van der Waals surface area contributed by atoms with E-state index in [0.717, 1.165) is 29.1 Å². The minimum atomic E-state index is 0.725. The van der Waals surface area contributed by atoms with E-state index in [1.165, 1.54) is 32.1 Å². The zero-order valence-corrected chi connectivity index (χ0v) is 10.3. The summed E-state index contributed by atoms with van der Waals surface area (Å²) in [5.41, 5.74) is 0.725. The van der Waals surface area contributed by atoms with E-state index in [2.05, 4.69) is 27.7 Å². The summed E-state index contributed by atoms with van der Waals surface area (Å²) < 4.78 is 0. The monoisotopic (exact) mass is 194 g/mol. The van der Waals surface area contributed by atoms with Crippen LogP contribution in [0.25, 0.3) is 0 Å². The molecule has 3 fully saturated rings. The van der Waals surface area contributed by atoms with Crippen molar-refractivity contribution in [3.05, 3.63) is 0 Å². The molecule has 0 aromatic rings. The Morgan fingerprint density at radius 1 is 1.00 bits per heavy atom. The van der Waals surface area contributed by atoms with Crippen molar-refractivity contribution in [2.45, 2.75) is 59.8 Å². The first-order chi connectivity index (χ1) is 6.56. The van der Waals surface area contributed by atoms with Crippen LogP contribution in [-0.2, 0) is 0 Å². The van der Waals surface area contributed by atoms with Gasteiger partial charge in [-0.05, 0) is 61.2 Å². The maximum absolute atomic E-state index is 2.46. The Labute approximate surface area is 89.5 Å². The molecular formula is C14H26. The number of rotatable bonds is 2. The fourth-order valence-corrected chi connectivity index (χ4v) is 4.36. The summed E-state index contributed by atoms with van der Waals surface area (Å²) in [6.45, 7) is 9.80. The Kier molecular flexibility index (Phi) is 2.66. The van der Waals surface area contributed by atoms with E-state index in [9.17, 15) is 0 Å². The Hall–Kier alpha value is 0. The van der Waals surface area contributed by atoms with Crippen LogP contribution in [0.4, 0.5) is 0 Å². The van der Waals surface area contributed by atoms with Crippen LogP contribution in [0.3, 0.4) is 0 Å². The minimum Gasteiger partial charge on any atom is -0.0625 e. The van der Waals surface area contributed by atoms with Crippen LogP contribution in [0.1, 0.15) is 59.8 Å². The van der Waals surface area contributed by atoms with Crippen LogP contribution in [0.15, 0.2) is 0 Å². The lowest BCUT2D eigenvalue weighted by molar-refractivity contribution is -0.0636. The summed E-state index contributed by atoms with van der Waals surface area (Å²) >= 11 is 0. The Balaban J connectivity index is 2.24. The summed E-state index contributed by atoms with van der Waals surface area (Å²) in [7, 11) is 0. The van der Waals surface area contributed by atoms with Crippen molar-refractivity contribution < 1.29 is 0 Å². The van der Waals surface area contributed by atoms with Gasteiger partial charge in [0.1, 0.15) is 0 Å². The zero-order chi connectivity index (χ0) is 10.3. The van der Waals surface area contributed by atoms with Gasteiger partial charge in [-0.1, -0.05) is 27.7 Å². The topological polar surface area (TPSA) is 0 Å². The summed E-state index contributed by atoms with van der Waals surface area (Å²) in [6, 6.07) is 0. The summed E-state index contributed by atoms with van der Waals surface area (Å²) in [4.78, 5) is 0. The van der Waals surface area contributed by atoms with Gasteiger partial charge in [-0.25, -0.2) is 0 Å². The molecule has 82 valence electrons. The molecule has 0 N–H and O–H groups in total. The molecule has 0 amide bonds. The maximum Gasteiger partial charge on any atom is -0.0243 e. The average Bonchev–Trinajstić information content (AvgIpc) is 2.19. The van der Waals surface area contributed by atoms with Crippen molar-refractivity contribution in [2.75, 3.05) is 0 Å². The predicted molar refractivity (Wildman–Crippen MR) is 62.2 cm³/mol. The molecule has 0 nitrogen and oxygen atoms in total. The van der Waals surface area contributed by atoms with Crippen molar-refractivity contribution in [1.82, 2.24) is 0 Å². The molecule has 3 aliphatic carbocycles. The third-order valence-corrected chi connectivity index (χ3v) is 5.32. The van der Waals surface area contributed by atoms with Crippen molar-refractivity contribution in [3.8, 4) is 0 Å². The van der Waals surface area contributed by atoms with E-state index in [1.807, 2.05) is 0 Å². The van der Waals surface area contributed by atoms with Crippen LogP contribution in [0.5, 0.6) is 0 Å². The van der Waals surface area contributed by atoms with Crippen LogP contribution < -0.4 is 0 Å². The largest absolute Gasteiger partial charge is 0.0625 e. The summed E-state index contributed by atoms with van der Waals surface area (Å²) in [5.74, 6) is 3.91. The molecule has 0 saturated heterocycles. The fourth-order valence-electron chi connectivity index (χ4n) is 4.36. The van der Waals surface area contributed by atoms with Gasteiger partial charge >= 0.3 is 0 Å². The van der Waals surface area contributed by atoms with Gasteiger partial charge in [-0.3, -0.25) is 0 Å². The van der Waals surface area contributed by atoms with Gasteiger partial charge in [-0.2, -0.15) is 0 Å². The fraction of sp³-hybridized carbons (Fsp3) is 1.00. The highest BCUT2D eigenvalue weighted by molar-refractivity contribution is 4.99. The Morgan fingerprint density at radius 3 is 1.93 bits per heavy atom. The highest BCUT2D eigenvalue weighted by Crippen LogP contribution is 2.59. The molecule has 0 radical (unpaired) electrons. The minimum absolute atomic E-state index is 0.725. The van der Waals surface area contributed by atoms with E-state index in [4.69, 9.17) is 0 Å². The van der Waals surface area contributed by atoms with Crippen LogP contribution >= 0.6 is 0 Å². The molecule has 0 aromatic heterocycles. The molecular weight excluding hydrogens is 168 g/mol. The average molecular weight is 194 g/mol.